The van der Waals surface area contributed by atoms with Gasteiger partial charge >= 0.3 is 0 Å². The van der Waals surface area contributed by atoms with E-state index in [1.54, 1.807) is 17.0 Å². The number of anilines is 1. The second-order valence-corrected chi connectivity index (χ2v) is 10.1. The molecule has 0 saturated heterocycles. The molecule has 1 aliphatic heterocycles. The number of hydrogen-bond acceptors (Lipinski definition) is 6. The van der Waals surface area contributed by atoms with Gasteiger partial charge in [-0.1, -0.05) is 59.6 Å². The zero-order valence-corrected chi connectivity index (χ0v) is 21.8. The first-order valence-corrected chi connectivity index (χ1v) is 12.7. The van der Waals surface area contributed by atoms with E-state index in [1.807, 2.05) is 43.3 Å². The van der Waals surface area contributed by atoms with E-state index in [-0.39, 0.29) is 40.2 Å². The van der Waals surface area contributed by atoms with Crippen molar-refractivity contribution in [3.63, 3.8) is 0 Å². The summed E-state index contributed by atoms with van der Waals surface area (Å²) in [5.41, 5.74) is 10.3. The molecular formula is C29H22Cl2N4O3. The number of nitro benzene ring substituents is 1. The first-order valence-electron chi connectivity index (χ1n) is 11.9. The zero-order chi connectivity index (χ0) is 27.1. The van der Waals surface area contributed by atoms with Gasteiger partial charge < -0.3 is 5.73 Å². The van der Waals surface area contributed by atoms with Crippen molar-refractivity contribution < 1.29 is 9.72 Å². The summed E-state index contributed by atoms with van der Waals surface area (Å²) in [5.74, 6) is -1.10. The number of nitrogens with two attached hydrogens (primary N) is 1. The van der Waals surface area contributed by atoms with Crippen molar-refractivity contribution >= 4 is 40.4 Å². The largest absolute Gasteiger partial charge is 0.384 e. The number of non-ortho nitro benzene ring substituents is 1. The van der Waals surface area contributed by atoms with Gasteiger partial charge in [0.25, 0.3) is 5.69 Å². The average Bonchev–Trinajstić information content (AvgIpc) is 2.90. The number of allylic oxidation sites excluding steroid dienone is 3. The standard InChI is InChI=1S/C29H22Cl2N4O3/c1-16-22(30)8-5-9-24(16)34-25-12-18(17-6-3-2-4-7-17)13-26(36)28(25)27(21(15-32)29(34)33)20-14-19(35(37)38)10-11-23(20)31/h2-11,14,18,27H,12-13,33H2,1H3. The summed E-state index contributed by atoms with van der Waals surface area (Å²) in [4.78, 5) is 26.7. The van der Waals surface area contributed by atoms with Crippen LogP contribution in [0.3, 0.4) is 0 Å². The Morgan fingerprint density at radius 2 is 1.79 bits per heavy atom. The van der Waals surface area contributed by atoms with Crippen molar-refractivity contribution in [2.75, 3.05) is 4.90 Å². The second kappa shape index (κ2) is 9.97. The van der Waals surface area contributed by atoms with Crippen LogP contribution in [0.4, 0.5) is 11.4 Å². The Morgan fingerprint density at radius 3 is 2.47 bits per heavy atom. The number of carbonyl (C=O) groups excluding carboxylic acids is 1. The molecule has 5 rings (SSSR count). The van der Waals surface area contributed by atoms with Gasteiger partial charge in [0.15, 0.2) is 5.78 Å². The number of nitro groups is 1. The minimum Gasteiger partial charge on any atom is -0.384 e. The van der Waals surface area contributed by atoms with E-state index in [1.165, 1.54) is 18.2 Å². The lowest BCUT2D eigenvalue weighted by molar-refractivity contribution is -0.384. The number of Topliss-reactive ketones (excluding diaryl/α,β-unsaturated/α-hetero) is 1. The zero-order valence-electron chi connectivity index (χ0n) is 20.3. The van der Waals surface area contributed by atoms with Gasteiger partial charge in [-0.15, -0.1) is 0 Å². The predicted molar refractivity (Wildman–Crippen MR) is 147 cm³/mol. The van der Waals surface area contributed by atoms with E-state index in [4.69, 9.17) is 28.9 Å². The van der Waals surface area contributed by atoms with Crippen LogP contribution in [-0.4, -0.2) is 10.7 Å². The number of rotatable bonds is 4. The lowest BCUT2D eigenvalue weighted by Crippen LogP contribution is -2.40. The van der Waals surface area contributed by atoms with Gasteiger partial charge in [0, 0.05) is 39.9 Å². The van der Waals surface area contributed by atoms with Gasteiger partial charge in [-0.25, -0.2) is 0 Å². The van der Waals surface area contributed by atoms with Gasteiger partial charge in [-0.3, -0.25) is 19.8 Å². The van der Waals surface area contributed by atoms with Crippen LogP contribution in [0.25, 0.3) is 0 Å². The maximum Gasteiger partial charge on any atom is 0.269 e. The highest BCUT2D eigenvalue weighted by atomic mass is 35.5. The minimum absolute atomic E-state index is 0.0945. The molecule has 2 unspecified atom stereocenters. The Balaban J connectivity index is 1.79. The first kappa shape index (κ1) is 25.5. The lowest BCUT2D eigenvalue weighted by Gasteiger charge is -2.42. The van der Waals surface area contributed by atoms with Crippen molar-refractivity contribution in [1.82, 2.24) is 0 Å². The summed E-state index contributed by atoms with van der Waals surface area (Å²) in [7, 11) is 0. The molecule has 7 nitrogen and oxygen atoms in total. The molecule has 2 N–H and O–H groups in total. The van der Waals surface area contributed by atoms with E-state index < -0.39 is 10.8 Å². The van der Waals surface area contributed by atoms with Gasteiger partial charge in [0.1, 0.15) is 5.82 Å². The van der Waals surface area contributed by atoms with Crippen LogP contribution < -0.4 is 10.6 Å². The summed E-state index contributed by atoms with van der Waals surface area (Å²) in [6.45, 7) is 1.85. The molecule has 0 saturated carbocycles. The number of nitriles is 1. The van der Waals surface area contributed by atoms with E-state index in [0.29, 0.717) is 34.0 Å². The third kappa shape index (κ3) is 4.22. The van der Waals surface area contributed by atoms with E-state index >= 15 is 0 Å². The fourth-order valence-electron chi connectivity index (χ4n) is 5.38. The average molecular weight is 545 g/mol. The van der Waals surface area contributed by atoms with Crippen molar-refractivity contribution in [2.45, 2.75) is 31.6 Å². The summed E-state index contributed by atoms with van der Waals surface area (Å²) >= 11 is 13.0. The SMILES string of the molecule is Cc1c(Cl)cccc1N1C(N)=C(C#N)C(c2cc([N+](=O)[O-])ccc2Cl)C2=C1CC(c1ccccc1)CC2=O. The van der Waals surface area contributed by atoms with Crippen molar-refractivity contribution in [3.8, 4) is 6.07 Å². The predicted octanol–water partition coefficient (Wildman–Crippen LogP) is 6.91. The highest BCUT2D eigenvalue weighted by Gasteiger charge is 2.44. The molecule has 1 heterocycles. The highest BCUT2D eigenvalue weighted by molar-refractivity contribution is 6.32. The van der Waals surface area contributed by atoms with Crippen molar-refractivity contribution in [1.29, 1.82) is 5.26 Å². The third-order valence-corrected chi connectivity index (χ3v) is 7.97. The van der Waals surface area contributed by atoms with Crippen LogP contribution >= 0.6 is 23.2 Å². The Kier molecular flexibility index (Phi) is 6.70. The molecule has 0 fully saturated rings. The summed E-state index contributed by atoms with van der Waals surface area (Å²) in [6.07, 6.45) is 0.673. The summed E-state index contributed by atoms with van der Waals surface area (Å²) < 4.78 is 0. The van der Waals surface area contributed by atoms with Crippen LogP contribution in [0.1, 0.15) is 41.4 Å². The molecule has 190 valence electrons. The fourth-order valence-corrected chi connectivity index (χ4v) is 5.78. The van der Waals surface area contributed by atoms with Crippen molar-refractivity contribution in [2.24, 2.45) is 5.73 Å². The summed E-state index contributed by atoms with van der Waals surface area (Å²) in [6, 6.07) is 21.3. The van der Waals surface area contributed by atoms with Crippen LogP contribution in [0.2, 0.25) is 10.0 Å². The van der Waals surface area contributed by atoms with Gasteiger partial charge in [-0.05, 0) is 54.2 Å². The fraction of sp³-hybridized carbons (Fsp3) is 0.172. The first-order chi connectivity index (χ1) is 18.2. The summed E-state index contributed by atoms with van der Waals surface area (Å²) in [5, 5.41) is 22.6. The van der Waals surface area contributed by atoms with Crippen LogP contribution in [0, 0.1) is 28.4 Å². The molecule has 3 aromatic rings. The molecule has 38 heavy (non-hydrogen) atoms. The molecule has 0 amide bonds. The maximum atomic E-state index is 14.0. The monoisotopic (exact) mass is 544 g/mol. The Hall–Kier alpha value is -4.12. The molecule has 0 radical (unpaired) electrons. The number of ketones is 1. The van der Waals surface area contributed by atoms with Crippen LogP contribution in [0.5, 0.6) is 0 Å². The smallest absolute Gasteiger partial charge is 0.269 e. The van der Waals surface area contributed by atoms with Gasteiger partial charge in [0.2, 0.25) is 0 Å². The van der Waals surface area contributed by atoms with Crippen LogP contribution in [-0.2, 0) is 4.79 Å². The minimum atomic E-state index is -0.942. The maximum absolute atomic E-state index is 14.0. The second-order valence-electron chi connectivity index (χ2n) is 9.33. The molecule has 0 spiro atoms. The molecule has 1 aliphatic carbocycles. The van der Waals surface area contributed by atoms with E-state index in [0.717, 1.165) is 11.1 Å². The van der Waals surface area contributed by atoms with Gasteiger partial charge in [-0.2, -0.15) is 5.26 Å². The third-order valence-electron chi connectivity index (χ3n) is 7.22. The van der Waals surface area contributed by atoms with Crippen molar-refractivity contribution in [3.05, 3.63) is 126 Å². The molecule has 9 heteroatoms. The Bertz CT molecular complexity index is 1590. The highest BCUT2D eigenvalue weighted by Crippen LogP contribution is 2.51. The molecule has 3 aromatic carbocycles. The molecule has 2 atom stereocenters. The number of halogens is 2. The molecular weight excluding hydrogens is 523 g/mol. The number of nitrogens with zero attached hydrogens (tertiary/aromatic N) is 3. The van der Waals surface area contributed by atoms with Gasteiger partial charge in [0.05, 0.1) is 28.2 Å². The molecule has 0 bridgehead atoms. The lowest BCUT2D eigenvalue weighted by atomic mass is 9.71. The number of hydrogen-bond donors (Lipinski definition) is 1. The topological polar surface area (TPSA) is 113 Å². The Morgan fingerprint density at radius 1 is 1.05 bits per heavy atom. The number of benzene rings is 3. The van der Waals surface area contributed by atoms with Crippen LogP contribution in [0.15, 0.2) is 89.4 Å². The van der Waals surface area contributed by atoms with E-state index in [2.05, 4.69) is 6.07 Å². The molecule has 0 aromatic heterocycles. The molecule has 2 aliphatic rings. The number of carbonyl (C=O) groups is 1. The normalized spacial score (nSPS) is 19.3. The Labute approximate surface area is 229 Å². The quantitative estimate of drug-likeness (QED) is 0.282. The van der Waals surface area contributed by atoms with E-state index in [9.17, 15) is 20.2 Å².